The minimum absolute atomic E-state index is 0.0410. The highest BCUT2D eigenvalue weighted by molar-refractivity contribution is 5.95. The summed E-state index contributed by atoms with van der Waals surface area (Å²) in [6, 6.07) is 21.8. The van der Waals surface area contributed by atoms with Crippen molar-refractivity contribution in [2.75, 3.05) is 20.8 Å². The summed E-state index contributed by atoms with van der Waals surface area (Å²) in [6.07, 6.45) is 0.774. The molecule has 4 heteroatoms. The van der Waals surface area contributed by atoms with E-state index in [2.05, 4.69) is 12.1 Å². The van der Waals surface area contributed by atoms with Crippen LogP contribution >= 0.6 is 0 Å². The molecule has 0 aliphatic carbocycles. The molecule has 0 spiro atoms. The first-order chi connectivity index (χ1) is 14.1. The molecule has 0 radical (unpaired) electrons. The Morgan fingerprint density at radius 3 is 2.24 bits per heavy atom. The SMILES string of the molecule is COc1cc2c(cc1OC)[C@@H](c1ccccc1)N(C(=O)c1ccc(C)cc1)CC2. The number of ether oxygens (including phenoxy) is 2. The second-order valence-corrected chi connectivity index (χ2v) is 7.33. The van der Waals surface area contributed by atoms with Gasteiger partial charge in [0.2, 0.25) is 0 Å². The van der Waals surface area contributed by atoms with E-state index in [0.717, 1.165) is 28.9 Å². The van der Waals surface area contributed by atoms with Crippen LogP contribution in [0.25, 0.3) is 0 Å². The summed E-state index contributed by atoms with van der Waals surface area (Å²) in [5.74, 6) is 1.44. The van der Waals surface area contributed by atoms with Crippen LogP contribution < -0.4 is 9.47 Å². The smallest absolute Gasteiger partial charge is 0.254 e. The quantitative estimate of drug-likeness (QED) is 0.645. The van der Waals surface area contributed by atoms with Crippen molar-refractivity contribution in [1.82, 2.24) is 4.90 Å². The summed E-state index contributed by atoms with van der Waals surface area (Å²) < 4.78 is 11.0. The molecule has 148 valence electrons. The molecule has 0 saturated carbocycles. The highest BCUT2D eigenvalue weighted by Crippen LogP contribution is 2.41. The number of nitrogens with zero attached hydrogens (tertiary/aromatic N) is 1. The lowest BCUT2D eigenvalue weighted by Crippen LogP contribution is -2.40. The molecule has 0 aromatic heterocycles. The number of hydrogen-bond acceptors (Lipinski definition) is 3. The summed E-state index contributed by atoms with van der Waals surface area (Å²) in [6.45, 7) is 2.67. The average Bonchev–Trinajstić information content (AvgIpc) is 2.77. The molecule has 29 heavy (non-hydrogen) atoms. The van der Waals surface area contributed by atoms with Crippen LogP contribution in [0.1, 0.15) is 38.7 Å². The third-order valence-corrected chi connectivity index (χ3v) is 5.55. The van der Waals surface area contributed by atoms with Crippen molar-refractivity contribution >= 4 is 5.91 Å². The molecule has 0 fully saturated rings. The Hall–Kier alpha value is -3.27. The molecule has 1 amide bonds. The first-order valence-corrected chi connectivity index (χ1v) is 9.79. The largest absolute Gasteiger partial charge is 0.493 e. The van der Waals surface area contributed by atoms with Gasteiger partial charge in [0.15, 0.2) is 11.5 Å². The van der Waals surface area contributed by atoms with Crippen LogP contribution in [0.4, 0.5) is 0 Å². The fourth-order valence-corrected chi connectivity index (χ4v) is 4.02. The lowest BCUT2D eigenvalue weighted by Gasteiger charge is -2.38. The maximum atomic E-state index is 13.5. The zero-order valence-corrected chi connectivity index (χ0v) is 17.0. The highest BCUT2D eigenvalue weighted by Gasteiger charge is 2.33. The maximum absolute atomic E-state index is 13.5. The highest BCUT2D eigenvalue weighted by atomic mass is 16.5. The minimum atomic E-state index is -0.173. The molecular formula is C25H25NO3. The topological polar surface area (TPSA) is 38.8 Å². The van der Waals surface area contributed by atoms with Gasteiger partial charge in [0, 0.05) is 12.1 Å². The van der Waals surface area contributed by atoms with Gasteiger partial charge in [-0.25, -0.2) is 0 Å². The van der Waals surface area contributed by atoms with Gasteiger partial charge in [-0.05, 0) is 54.3 Å². The van der Waals surface area contributed by atoms with Crippen LogP contribution in [0, 0.1) is 6.92 Å². The molecule has 3 aromatic rings. The van der Waals surface area contributed by atoms with Gasteiger partial charge in [-0.15, -0.1) is 0 Å². The fourth-order valence-electron chi connectivity index (χ4n) is 4.02. The summed E-state index contributed by atoms with van der Waals surface area (Å²) >= 11 is 0. The van der Waals surface area contributed by atoms with Crippen molar-refractivity contribution in [3.63, 3.8) is 0 Å². The number of rotatable bonds is 4. The van der Waals surface area contributed by atoms with Gasteiger partial charge < -0.3 is 14.4 Å². The van der Waals surface area contributed by atoms with Crippen molar-refractivity contribution in [2.24, 2.45) is 0 Å². The molecule has 3 aromatic carbocycles. The standard InChI is InChI=1S/C25H25NO3/c1-17-9-11-19(12-10-17)25(27)26-14-13-20-15-22(28-2)23(29-3)16-21(20)24(26)18-7-5-4-6-8-18/h4-12,15-16,24H,13-14H2,1-3H3/t24-/m1/s1. The summed E-state index contributed by atoms with van der Waals surface area (Å²) in [4.78, 5) is 15.4. The van der Waals surface area contributed by atoms with Crippen LogP contribution in [0.2, 0.25) is 0 Å². The number of carbonyl (C=O) groups excluding carboxylic acids is 1. The van der Waals surface area contributed by atoms with E-state index < -0.39 is 0 Å². The van der Waals surface area contributed by atoms with Crippen molar-refractivity contribution in [2.45, 2.75) is 19.4 Å². The monoisotopic (exact) mass is 387 g/mol. The van der Waals surface area contributed by atoms with Gasteiger partial charge in [-0.3, -0.25) is 4.79 Å². The number of hydrogen-bond donors (Lipinski definition) is 0. The van der Waals surface area contributed by atoms with Gasteiger partial charge >= 0.3 is 0 Å². The van der Waals surface area contributed by atoms with Crippen molar-refractivity contribution in [3.05, 3.63) is 94.5 Å². The zero-order valence-electron chi connectivity index (χ0n) is 17.0. The van der Waals surface area contributed by atoms with E-state index in [9.17, 15) is 4.79 Å². The van der Waals surface area contributed by atoms with Crippen molar-refractivity contribution in [1.29, 1.82) is 0 Å². The van der Waals surface area contributed by atoms with E-state index in [1.165, 1.54) is 5.56 Å². The van der Waals surface area contributed by atoms with Crippen molar-refractivity contribution < 1.29 is 14.3 Å². The Morgan fingerprint density at radius 2 is 1.59 bits per heavy atom. The van der Waals surface area contributed by atoms with Crippen LogP contribution in [0.5, 0.6) is 11.5 Å². The Kier molecular flexibility index (Phi) is 5.26. The molecule has 1 atom stereocenters. The summed E-state index contributed by atoms with van der Waals surface area (Å²) in [5, 5.41) is 0. The molecule has 1 heterocycles. The molecule has 0 saturated heterocycles. The minimum Gasteiger partial charge on any atom is -0.493 e. The first kappa shape index (κ1) is 19.1. The van der Waals surface area contributed by atoms with Crippen LogP contribution in [0.3, 0.4) is 0 Å². The maximum Gasteiger partial charge on any atom is 0.254 e. The zero-order chi connectivity index (χ0) is 20.4. The number of carbonyl (C=O) groups is 1. The molecule has 1 aliphatic rings. The van der Waals surface area contributed by atoms with Crippen molar-refractivity contribution in [3.8, 4) is 11.5 Å². The molecule has 0 bridgehead atoms. The van der Waals surface area contributed by atoms with Gasteiger partial charge in [-0.1, -0.05) is 48.0 Å². The van der Waals surface area contributed by atoms with Gasteiger partial charge in [0.05, 0.1) is 20.3 Å². The molecular weight excluding hydrogens is 362 g/mol. The van der Waals surface area contributed by atoms with Crippen LogP contribution in [-0.4, -0.2) is 31.6 Å². The Balaban J connectivity index is 1.83. The lowest BCUT2D eigenvalue weighted by molar-refractivity contribution is 0.0694. The summed E-state index contributed by atoms with van der Waals surface area (Å²) in [5.41, 5.74) is 5.20. The second-order valence-electron chi connectivity index (χ2n) is 7.33. The van der Waals surface area contributed by atoms with Crippen LogP contribution in [-0.2, 0) is 6.42 Å². The predicted molar refractivity (Wildman–Crippen MR) is 114 cm³/mol. The second kappa shape index (κ2) is 8.00. The molecule has 4 rings (SSSR count). The fraction of sp³-hybridized carbons (Fsp3) is 0.240. The molecule has 4 nitrogen and oxygen atoms in total. The van der Waals surface area contributed by atoms with E-state index >= 15 is 0 Å². The number of amides is 1. The molecule has 1 aliphatic heterocycles. The number of aryl methyl sites for hydroxylation is 1. The third-order valence-electron chi connectivity index (χ3n) is 5.55. The third kappa shape index (κ3) is 3.58. The van der Waals surface area contributed by atoms with Gasteiger partial charge in [-0.2, -0.15) is 0 Å². The van der Waals surface area contributed by atoms with E-state index in [1.807, 2.05) is 66.4 Å². The van der Waals surface area contributed by atoms with Gasteiger partial charge in [0.25, 0.3) is 5.91 Å². The van der Waals surface area contributed by atoms with E-state index in [-0.39, 0.29) is 11.9 Å². The van der Waals surface area contributed by atoms with E-state index in [0.29, 0.717) is 17.9 Å². The molecule has 0 unspecified atom stereocenters. The summed E-state index contributed by atoms with van der Waals surface area (Å²) in [7, 11) is 3.29. The van der Waals surface area contributed by atoms with E-state index in [1.54, 1.807) is 14.2 Å². The number of benzene rings is 3. The van der Waals surface area contributed by atoms with Gasteiger partial charge in [0.1, 0.15) is 0 Å². The normalized spacial score (nSPS) is 15.6. The Bertz CT molecular complexity index is 1010. The van der Waals surface area contributed by atoms with E-state index in [4.69, 9.17) is 9.47 Å². The molecule has 0 N–H and O–H groups in total. The van der Waals surface area contributed by atoms with Crippen LogP contribution in [0.15, 0.2) is 66.7 Å². The Labute approximate surface area is 171 Å². The predicted octanol–water partition coefficient (Wildman–Crippen LogP) is 4.80. The lowest BCUT2D eigenvalue weighted by atomic mass is 9.87. The number of fused-ring (bicyclic) bond motifs is 1. The first-order valence-electron chi connectivity index (χ1n) is 9.79. The Morgan fingerprint density at radius 1 is 0.931 bits per heavy atom. The average molecular weight is 387 g/mol. The number of methoxy groups -OCH3 is 2.